The van der Waals surface area contributed by atoms with Crippen molar-refractivity contribution in [3.8, 4) is 0 Å². The van der Waals surface area contributed by atoms with Gasteiger partial charge in [0.15, 0.2) is 0 Å². The van der Waals surface area contributed by atoms with Gasteiger partial charge in [-0.25, -0.2) is 0 Å². The quantitative estimate of drug-likeness (QED) is 0.0882. The molecular weight excluding hydrogens is 584 g/mol. The van der Waals surface area contributed by atoms with Crippen LogP contribution in [0.1, 0.15) is 25.7 Å². The summed E-state index contributed by atoms with van der Waals surface area (Å²) >= 11 is 0. The van der Waals surface area contributed by atoms with E-state index >= 15 is 0 Å². The van der Waals surface area contributed by atoms with E-state index in [0.29, 0.717) is 25.8 Å². The summed E-state index contributed by atoms with van der Waals surface area (Å²) in [6.45, 7) is 0.379. The van der Waals surface area contributed by atoms with Gasteiger partial charge in [0.05, 0.1) is 26.2 Å². The van der Waals surface area contributed by atoms with Gasteiger partial charge < -0.3 is 25.7 Å². The van der Waals surface area contributed by atoms with E-state index in [1.54, 1.807) is 19.6 Å². The minimum atomic E-state index is -1.10. The first-order valence-electron chi connectivity index (χ1n) is 14.4. The highest BCUT2D eigenvalue weighted by molar-refractivity contribution is 6.13. The van der Waals surface area contributed by atoms with Crippen LogP contribution in [0.15, 0.2) is 12.2 Å². The zero-order chi connectivity index (χ0) is 32.6. The summed E-state index contributed by atoms with van der Waals surface area (Å²) in [6, 6.07) is -0.431. The van der Waals surface area contributed by atoms with E-state index in [1.807, 2.05) is 0 Å². The second-order valence-electron chi connectivity index (χ2n) is 10.7. The molecule has 246 valence electrons. The molecule has 0 aliphatic carbocycles. The third-order valence-corrected chi connectivity index (χ3v) is 7.32. The molecule has 1 fully saturated rings. The number of carbonyl (C=O) groups is 7. The Morgan fingerprint density at radius 1 is 0.682 bits per heavy atom. The Bertz CT molecular complexity index is 1070. The molecule has 2 rings (SSSR count). The van der Waals surface area contributed by atoms with Gasteiger partial charge in [-0.05, 0) is 12.8 Å². The molecule has 0 aromatic carbocycles. The van der Waals surface area contributed by atoms with Crippen LogP contribution in [0.3, 0.4) is 0 Å². The van der Waals surface area contributed by atoms with Crippen molar-refractivity contribution >= 4 is 41.6 Å². The summed E-state index contributed by atoms with van der Waals surface area (Å²) in [4.78, 5) is 89.3. The van der Waals surface area contributed by atoms with E-state index in [4.69, 9.17) is 0 Å². The van der Waals surface area contributed by atoms with E-state index in [1.165, 1.54) is 0 Å². The summed E-state index contributed by atoms with van der Waals surface area (Å²) in [6.07, 6.45) is 3.73. The molecule has 0 bridgehead atoms. The fourth-order valence-electron chi connectivity index (χ4n) is 5.12. The largest absolute Gasteiger partial charge is 0.480 e. The number of hydrogen-bond donors (Lipinski definition) is 5. The molecule has 2 aliphatic rings. The van der Waals surface area contributed by atoms with Crippen molar-refractivity contribution in [2.24, 2.45) is 0 Å². The van der Waals surface area contributed by atoms with E-state index in [9.17, 15) is 54.0 Å². The van der Waals surface area contributed by atoms with Crippen LogP contribution in [0.4, 0.5) is 0 Å². The second-order valence-corrected chi connectivity index (χ2v) is 10.7. The molecule has 44 heavy (non-hydrogen) atoms. The molecule has 0 aromatic heterocycles. The van der Waals surface area contributed by atoms with Gasteiger partial charge in [-0.3, -0.25) is 58.1 Å². The van der Waals surface area contributed by atoms with Gasteiger partial charge in [-0.1, -0.05) is 6.42 Å². The highest BCUT2D eigenvalue weighted by Crippen LogP contribution is 2.13. The molecule has 1 saturated heterocycles. The summed E-state index contributed by atoms with van der Waals surface area (Å²) in [5, 5.41) is 40.6. The molecular formula is C27H42N6O11. The summed E-state index contributed by atoms with van der Waals surface area (Å²) in [5.74, 6) is -5.61. The highest BCUT2D eigenvalue weighted by Gasteiger charge is 2.27. The van der Waals surface area contributed by atoms with Crippen molar-refractivity contribution in [2.75, 3.05) is 85.1 Å². The van der Waals surface area contributed by atoms with Crippen molar-refractivity contribution in [1.29, 1.82) is 0 Å². The maximum absolute atomic E-state index is 12.2. The van der Waals surface area contributed by atoms with Gasteiger partial charge in [0.25, 0.3) is 11.8 Å². The number of carbonyl (C=O) groups excluding carboxylic acids is 3. The highest BCUT2D eigenvalue weighted by atomic mass is 16.4. The lowest BCUT2D eigenvalue weighted by Crippen LogP contribution is -2.53. The number of carboxylic acid groups (broad SMARTS) is 4. The molecule has 17 nitrogen and oxygen atoms in total. The van der Waals surface area contributed by atoms with Gasteiger partial charge in [0.2, 0.25) is 5.91 Å². The van der Waals surface area contributed by atoms with Gasteiger partial charge in [0, 0.05) is 83.5 Å². The molecule has 5 N–H and O–H groups in total. The maximum atomic E-state index is 12.2. The Labute approximate surface area is 254 Å². The van der Waals surface area contributed by atoms with E-state index in [0.717, 1.165) is 17.1 Å². The predicted molar refractivity (Wildman–Crippen MR) is 153 cm³/mol. The third-order valence-electron chi connectivity index (χ3n) is 7.32. The van der Waals surface area contributed by atoms with Crippen LogP contribution in [-0.4, -0.2) is 178 Å². The van der Waals surface area contributed by atoms with Crippen molar-refractivity contribution in [3.63, 3.8) is 0 Å². The molecule has 0 saturated carbocycles. The van der Waals surface area contributed by atoms with E-state index in [-0.39, 0.29) is 90.9 Å². The summed E-state index contributed by atoms with van der Waals surface area (Å²) in [5.41, 5.74) is 0. The number of rotatable bonds is 16. The Morgan fingerprint density at radius 3 is 1.68 bits per heavy atom. The number of imide groups is 1. The summed E-state index contributed by atoms with van der Waals surface area (Å²) < 4.78 is 0. The molecule has 1 atom stereocenters. The lowest BCUT2D eigenvalue weighted by molar-refractivity contribution is -0.142. The number of nitrogens with one attached hydrogen (secondary N) is 1. The normalized spacial score (nSPS) is 19.8. The summed E-state index contributed by atoms with van der Waals surface area (Å²) in [7, 11) is 0. The van der Waals surface area contributed by atoms with Crippen LogP contribution in [0.25, 0.3) is 0 Å². The Balaban J connectivity index is 2.08. The third kappa shape index (κ3) is 14.0. The Kier molecular flexibility index (Phi) is 15.4. The van der Waals surface area contributed by atoms with Gasteiger partial charge >= 0.3 is 23.9 Å². The number of nitrogens with zero attached hydrogens (tertiary/aromatic N) is 5. The van der Waals surface area contributed by atoms with Gasteiger partial charge in [0.1, 0.15) is 0 Å². The molecule has 3 amide bonds. The first-order valence-corrected chi connectivity index (χ1v) is 14.4. The van der Waals surface area contributed by atoms with E-state index < -0.39 is 41.7 Å². The maximum Gasteiger partial charge on any atom is 0.317 e. The molecule has 2 aliphatic heterocycles. The lowest BCUT2D eigenvalue weighted by Gasteiger charge is -2.37. The van der Waals surface area contributed by atoms with Crippen LogP contribution in [0.5, 0.6) is 0 Å². The molecule has 0 aromatic rings. The monoisotopic (exact) mass is 626 g/mol. The lowest BCUT2D eigenvalue weighted by atomic mass is 10.1. The van der Waals surface area contributed by atoms with Gasteiger partial charge in [-0.15, -0.1) is 0 Å². The van der Waals surface area contributed by atoms with E-state index in [2.05, 4.69) is 5.32 Å². The second kappa shape index (κ2) is 18.7. The average molecular weight is 627 g/mol. The van der Waals surface area contributed by atoms with Crippen LogP contribution >= 0.6 is 0 Å². The molecule has 17 heteroatoms. The standard InChI is InChI=1S/C27H42N6O11/c34-21(6-8-33-22(35)4-5-23(33)36)28-7-2-1-3-20-15-31(18-26(41)42)12-11-29(16-24(37)38)9-10-30(17-25(39)40)13-14-32(20)19-27(43)44/h4-5,20H,1-3,6-19H2,(H,28,34)(H,37,38)(H,39,40)(H,41,42)(H,43,44). The smallest absolute Gasteiger partial charge is 0.317 e. The van der Waals surface area contributed by atoms with Gasteiger partial charge in [-0.2, -0.15) is 0 Å². The first-order chi connectivity index (χ1) is 20.8. The molecule has 1 unspecified atom stereocenters. The number of carboxylic acids is 4. The predicted octanol–water partition coefficient (Wildman–Crippen LogP) is -2.48. The SMILES string of the molecule is O=C(O)CN1CCN(CC(=O)O)CCN(CC(=O)O)C(CCCCNC(=O)CCN2C(=O)C=CC2=O)CN(CC(=O)O)CC1. The number of hydrogen-bond acceptors (Lipinski definition) is 11. The zero-order valence-electron chi connectivity index (χ0n) is 24.6. The van der Waals surface area contributed by atoms with Crippen LogP contribution in [0, 0.1) is 0 Å². The number of aliphatic carboxylic acids is 4. The number of amides is 3. The van der Waals surface area contributed by atoms with Crippen molar-refractivity contribution in [2.45, 2.75) is 31.7 Å². The van der Waals surface area contributed by atoms with Crippen molar-refractivity contribution in [3.05, 3.63) is 12.2 Å². The van der Waals surface area contributed by atoms with Crippen molar-refractivity contribution in [1.82, 2.24) is 29.8 Å². The van der Waals surface area contributed by atoms with Crippen LogP contribution in [0.2, 0.25) is 0 Å². The average Bonchev–Trinajstić information content (AvgIpc) is 3.24. The zero-order valence-corrected chi connectivity index (χ0v) is 24.6. The molecule has 0 spiro atoms. The minimum Gasteiger partial charge on any atom is -0.480 e. The minimum absolute atomic E-state index is 0.0368. The first kappa shape index (κ1) is 36.3. The molecule has 0 radical (unpaired) electrons. The Morgan fingerprint density at radius 2 is 1.16 bits per heavy atom. The fourth-order valence-corrected chi connectivity index (χ4v) is 5.12. The van der Waals surface area contributed by atoms with Crippen LogP contribution in [-0.2, 0) is 33.6 Å². The fraction of sp³-hybridized carbons (Fsp3) is 0.667. The molecule has 2 heterocycles. The Hall–Kier alpha value is -3.93. The van der Waals surface area contributed by atoms with Crippen molar-refractivity contribution < 1.29 is 54.0 Å². The topological polar surface area (TPSA) is 229 Å². The van der Waals surface area contributed by atoms with Crippen LogP contribution < -0.4 is 5.32 Å². The number of unbranched alkanes of at least 4 members (excludes halogenated alkanes) is 1.